The number of halogens is 6. The van der Waals surface area contributed by atoms with Crippen molar-refractivity contribution in [2.75, 3.05) is 13.1 Å². The first-order chi connectivity index (χ1) is 18.1. The molecular weight excluding hydrogens is 556 g/mol. The fraction of sp³-hybridized carbons (Fsp3) is 0.417. The molecule has 2 aromatic rings. The molecule has 0 spiro atoms. The summed E-state index contributed by atoms with van der Waals surface area (Å²) in [5.74, 6) is -2.76. The Balaban J connectivity index is 1.53. The van der Waals surface area contributed by atoms with Crippen molar-refractivity contribution in [3.05, 3.63) is 59.2 Å². The average Bonchev–Trinajstić information content (AvgIpc) is 3.67. The topological polar surface area (TPSA) is 110 Å². The summed E-state index contributed by atoms with van der Waals surface area (Å²) in [5, 5.41) is 0. The number of nitrogens with two attached hydrogens (primary N) is 1. The van der Waals surface area contributed by atoms with Gasteiger partial charge in [0.1, 0.15) is 5.75 Å². The molecule has 1 heterocycles. The van der Waals surface area contributed by atoms with Gasteiger partial charge >= 0.3 is 12.5 Å². The molecule has 2 aromatic carbocycles. The minimum Gasteiger partial charge on any atom is -0.405 e. The Kier molecular flexibility index (Phi) is 7.60. The number of rotatable bonds is 7. The van der Waals surface area contributed by atoms with Gasteiger partial charge in [-0.1, -0.05) is 6.07 Å². The molecule has 1 aliphatic heterocycles. The first-order valence-corrected chi connectivity index (χ1v) is 13.2. The number of carbonyl (C=O) groups excluding carboxylic acids is 2. The molecule has 0 atom stereocenters. The number of ether oxygens (including phenoxy) is 1. The van der Waals surface area contributed by atoms with E-state index in [-0.39, 0.29) is 31.5 Å². The van der Waals surface area contributed by atoms with Crippen LogP contribution in [-0.4, -0.2) is 61.0 Å². The van der Waals surface area contributed by atoms with Crippen molar-refractivity contribution in [3.8, 4) is 5.75 Å². The van der Waals surface area contributed by atoms with Gasteiger partial charge in [-0.2, -0.15) is 17.5 Å². The van der Waals surface area contributed by atoms with E-state index < -0.39 is 68.2 Å². The number of benzene rings is 2. The average molecular weight is 580 g/mol. The molecular formula is C24H23F6N3O5S. The molecule has 1 aliphatic carbocycles. The number of hydrogen-bond acceptors (Lipinski definition) is 5. The van der Waals surface area contributed by atoms with Crippen LogP contribution in [0.5, 0.6) is 5.75 Å². The Bertz CT molecular complexity index is 1370. The first-order valence-electron chi connectivity index (χ1n) is 11.8. The zero-order chi connectivity index (χ0) is 28.8. The van der Waals surface area contributed by atoms with E-state index in [0.29, 0.717) is 25.0 Å². The molecule has 2 amide bonds. The maximum Gasteiger partial charge on any atom is 0.573 e. The van der Waals surface area contributed by atoms with Crippen molar-refractivity contribution < 1.29 is 49.1 Å². The van der Waals surface area contributed by atoms with Gasteiger partial charge in [-0.25, -0.2) is 8.42 Å². The van der Waals surface area contributed by atoms with Crippen molar-refractivity contribution in [1.29, 1.82) is 0 Å². The van der Waals surface area contributed by atoms with E-state index in [4.69, 9.17) is 5.73 Å². The summed E-state index contributed by atoms with van der Waals surface area (Å²) in [6.45, 7) is -0.0677. The van der Waals surface area contributed by atoms with Crippen LogP contribution in [0.3, 0.4) is 0 Å². The maximum atomic E-state index is 13.4. The van der Waals surface area contributed by atoms with Crippen molar-refractivity contribution in [2.45, 2.75) is 55.2 Å². The van der Waals surface area contributed by atoms with Crippen LogP contribution in [0.1, 0.15) is 52.0 Å². The summed E-state index contributed by atoms with van der Waals surface area (Å²) in [7, 11) is -4.31. The number of sulfonamides is 1. The highest BCUT2D eigenvalue weighted by Gasteiger charge is 2.44. The summed E-state index contributed by atoms with van der Waals surface area (Å²) < 4.78 is 110. The quantitative estimate of drug-likeness (QED) is 0.496. The van der Waals surface area contributed by atoms with Crippen LogP contribution in [0.15, 0.2) is 47.4 Å². The lowest BCUT2D eigenvalue weighted by Crippen LogP contribution is -2.49. The highest BCUT2D eigenvalue weighted by molar-refractivity contribution is 7.89. The van der Waals surface area contributed by atoms with Crippen molar-refractivity contribution in [1.82, 2.24) is 9.21 Å². The Morgan fingerprint density at radius 1 is 0.923 bits per heavy atom. The second kappa shape index (κ2) is 10.3. The Hall–Kier alpha value is -3.33. The zero-order valence-corrected chi connectivity index (χ0v) is 20.9. The van der Waals surface area contributed by atoms with Crippen LogP contribution >= 0.6 is 0 Å². The smallest absolute Gasteiger partial charge is 0.405 e. The predicted molar refractivity (Wildman–Crippen MR) is 124 cm³/mol. The predicted octanol–water partition coefficient (Wildman–Crippen LogP) is 4.16. The summed E-state index contributed by atoms with van der Waals surface area (Å²) in [5.41, 5.74) is 3.25. The van der Waals surface area contributed by atoms with Crippen LogP contribution in [0.25, 0.3) is 0 Å². The number of carbonyl (C=O) groups is 2. The minimum absolute atomic E-state index is 0.0339. The minimum atomic E-state index is -5.15. The van der Waals surface area contributed by atoms with Gasteiger partial charge in [0.2, 0.25) is 15.9 Å². The number of piperidine rings is 1. The molecule has 8 nitrogen and oxygen atoms in total. The molecule has 212 valence electrons. The molecule has 2 N–H and O–H groups in total. The summed E-state index contributed by atoms with van der Waals surface area (Å²) in [6, 6.07) is 5.23. The second-order valence-electron chi connectivity index (χ2n) is 9.24. The van der Waals surface area contributed by atoms with Gasteiger partial charge in [0.15, 0.2) is 0 Å². The van der Waals surface area contributed by atoms with E-state index in [0.717, 1.165) is 30.3 Å². The molecule has 2 fully saturated rings. The maximum absolute atomic E-state index is 13.4. The van der Waals surface area contributed by atoms with Crippen molar-refractivity contribution >= 4 is 21.8 Å². The largest absolute Gasteiger partial charge is 0.573 e. The number of primary amides is 1. The highest BCUT2D eigenvalue weighted by Crippen LogP contribution is 2.38. The van der Waals surface area contributed by atoms with E-state index in [1.165, 1.54) is 9.21 Å². The lowest BCUT2D eigenvalue weighted by molar-refractivity contribution is -0.274. The SMILES string of the molecule is NC(=O)c1ccc(C(=O)N2CCC(N(C3CC3)S(=O)(=O)c3cccc(C(F)(F)F)c3)CC2)c(OC(F)(F)F)c1. The molecule has 39 heavy (non-hydrogen) atoms. The van der Waals surface area contributed by atoms with Gasteiger partial charge in [0, 0.05) is 30.7 Å². The van der Waals surface area contributed by atoms with Gasteiger partial charge in [-0.05, 0) is 62.1 Å². The molecule has 4 rings (SSSR count). The summed E-state index contributed by atoms with van der Waals surface area (Å²) in [4.78, 5) is 25.2. The number of nitrogens with zero attached hydrogens (tertiary/aromatic N) is 2. The van der Waals surface area contributed by atoms with Gasteiger partial charge in [0.05, 0.1) is 16.0 Å². The number of alkyl halides is 6. The molecule has 0 unspecified atom stereocenters. The Morgan fingerprint density at radius 3 is 2.08 bits per heavy atom. The summed E-state index contributed by atoms with van der Waals surface area (Å²) >= 11 is 0. The Morgan fingerprint density at radius 2 is 1.54 bits per heavy atom. The van der Waals surface area contributed by atoms with E-state index in [2.05, 4.69) is 4.74 Å². The third kappa shape index (κ3) is 6.46. The van der Waals surface area contributed by atoms with Crippen LogP contribution in [-0.2, 0) is 16.2 Å². The fourth-order valence-electron chi connectivity index (χ4n) is 4.53. The van der Waals surface area contributed by atoms with Gasteiger partial charge in [-0.15, -0.1) is 13.2 Å². The third-order valence-electron chi connectivity index (χ3n) is 6.48. The Labute approximate surface area is 219 Å². The van der Waals surface area contributed by atoms with E-state index in [9.17, 15) is 44.3 Å². The molecule has 2 aliphatic rings. The van der Waals surface area contributed by atoms with Crippen molar-refractivity contribution in [3.63, 3.8) is 0 Å². The zero-order valence-electron chi connectivity index (χ0n) is 20.1. The van der Waals surface area contributed by atoms with Crippen LogP contribution in [0.4, 0.5) is 26.3 Å². The van der Waals surface area contributed by atoms with E-state index in [1.807, 2.05) is 0 Å². The monoisotopic (exact) mass is 579 g/mol. The van der Waals surface area contributed by atoms with Crippen LogP contribution in [0, 0.1) is 0 Å². The molecule has 1 saturated carbocycles. The van der Waals surface area contributed by atoms with Gasteiger partial charge in [-0.3, -0.25) is 9.59 Å². The van der Waals surface area contributed by atoms with Gasteiger partial charge in [0.25, 0.3) is 5.91 Å². The summed E-state index contributed by atoms with van der Waals surface area (Å²) in [6.07, 6.45) is -8.61. The van der Waals surface area contributed by atoms with E-state index >= 15 is 0 Å². The fourth-order valence-corrected chi connectivity index (χ4v) is 6.51. The highest BCUT2D eigenvalue weighted by atomic mass is 32.2. The lowest BCUT2D eigenvalue weighted by Gasteiger charge is -2.38. The molecule has 15 heteroatoms. The molecule has 0 bridgehead atoms. The normalized spacial score (nSPS) is 17.4. The number of likely N-dealkylation sites (tertiary alicyclic amines) is 1. The van der Waals surface area contributed by atoms with E-state index in [1.54, 1.807) is 0 Å². The first kappa shape index (κ1) is 28.7. The molecule has 1 saturated heterocycles. The molecule has 0 aromatic heterocycles. The lowest BCUT2D eigenvalue weighted by atomic mass is 10.0. The number of hydrogen-bond donors (Lipinski definition) is 1. The standard InChI is InChI=1S/C24H23F6N3O5S/c25-23(26,27)15-2-1-3-18(13-15)39(36,37)33(16-5-6-16)17-8-10-32(11-9-17)22(35)19-7-4-14(21(31)34)12-20(19)38-24(28,29)30/h1-4,7,12-13,16-17H,5-6,8-11H2,(H2,31,34). The van der Waals surface area contributed by atoms with Crippen LogP contribution < -0.4 is 10.5 Å². The van der Waals surface area contributed by atoms with Gasteiger partial charge < -0.3 is 15.4 Å². The molecule has 0 radical (unpaired) electrons. The van der Waals surface area contributed by atoms with Crippen LogP contribution in [0.2, 0.25) is 0 Å². The third-order valence-corrected chi connectivity index (χ3v) is 8.48. The second-order valence-corrected chi connectivity index (χ2v) is 11.1. The number of amides is 2. The van der Waals surface area contributed by atoms with Crippen molar-refractivity contribution in [2.24, 2.45) is 5.73 Å².